The lowest BCUT2D eigenvalue weighted by atomic mass is 9.77. The Balaban J connectivity index is 1.95. The first-order valence-corrected chi connectivity index (χ1v) is 8.94. The number of amidine groups is 1. The fraction of sp³-hybridized carbons (Fsp3) is 0.400. The van der Waals surface area contributed by atoms with E-state index in [9.17, 15) is 0 Å². The van der Waals surface area contributed by atoms with Gasteiger partial charge in [-0.2, -0.15) is 0 Å². The topological polar surface area (TPSA) is 88.0 Å². The summed E-state index contributed by atoms with van der Waals surface area (Å²) in [6.07, 6.45) is 7.18. The SMILES string of the molecule is CC(C)=NC(=N)CCc1c(C2CCC2)ccc(-c2cnc(N)cn2)c1F. The number of hydrogen-bond donors (Lipinski definition) is 2. The summed E-state index contributed by atoms with van der Waals surface area (Å²) in [5, 5.41) is 7.97. The van der Waals surface area contributed by atoms with E-state index in [4.69, 9.17) is 11.1 Å². The van der Waals surface area contributed by atoms with Crippen LogP contribution < -0.4 is 5.73 Å². The molecule has 136 valence electrons. The van der Waals surface area contributed by atoms with E-state index >= 15 is 4.39 Å². The highest BCUT2D eigenvalue weighted by molar-refractivity contribution is 5.94. The predicted octanol–water partition coefficient (Wildman–Crippen LogP) is 4.52. The van der Waals surface area contributed by atoms with Crippen LogP contribution in [0.25, 0.3) is 11.3 Å². The van der Waals surface area contributed by atoms with Crippen molar-refractivity contribution in [1.82, 2.24) is 9.97 Å². The Morgan fingerprint density at radius 3 is 2.62 bits per heavy atom. The maximum atomic E-state index is 15.3. The summed E-state index contributed by atoms with van der Waals surface area (Å²) in [5.74, 6) is 0.735. The van der Waals surface area contributed by atoms with Crippen LogP contribution in [0.4, 0.5) is 10.2 Å². The van der Waals surface area contributed by atoms with Gasteiger partial charge in [0.1, 0.15) is 17.5 Å². The van der Waals surface area contributed by atoms with Crippen molar-refractivity contribution in [3.63, 3.8) is 0 Å². The van der Waals surface area contributed by atoms with Gasteiger partial charge in [-0.3, -0.25) is 10.4 Å². The first kappa shape index (κ1) is 18.2. The number of halogens is 1. The molecular weight excluding hydrogens is 329 g/mol. The van der Waals surface area contributed by atoms with Crippen LogP contribution in [0.3, 0.4) is 0 Å². The highest BCUT2D eigenvalue weighted by atomic mass is 19.1. The molecule has 3 N–H and O–H groups in total. The number of hydrogen-bond acceptors (Lipinski definition) is 4. The lowest BCUT2D eigenvalue weighted by Crippen LogP contribution is -2.14. The van der Waals surface area contributed by atoms with Gasteiger partial charge in [0.05, 0.1) is 18.1 Å². The van der Waals surface area contributed by atoms with E-state index in [2.05, 4.69) is 15.0 Å². The van der Waals surface area contributed by atoms with Crippen LogP contribution in [0, 0.1) is 11.2 Å². The Kier molecular flexibility index (Phi) is 5.40. The molecule has 0 radical (unpaired) electrons. The Bertz CT molecular complexity index is 834. The fourth-order valence-electron chi connectivity index (χ4n) is 3.24. The minimum atomic E-state index is -0.265. The smallest absolute Gasteiger partial charge is 0.141 e. The predicted molar refractivity (Wildman–Crippen MR) is 103 cm³/mol. The van der Waals surface area contributed by atoms with Gasteiger partial charge in [-0.15, -0.1) is 0 Å². The van der Waals surface area contributed by atoms with Gasteiger partial charge in [-0.25, -0.2) is 14.4 Å². The number of aromatic nitrogens is 2. The zero-order chi connectivity index (χ0) is 18.7. The molecule has 1 heterocycles. The van der Waals surface area contributed by atoms with Crippen LogP contribution >= 0.6 is 0 Å². The molecule has 0 bridgehead atoms. The van der Waals surface area contributed by atoms with Crippen molar-refractivity contribution < 1.29 is 4.39 Å². The number of benzene rings is 1. The molecule has 0 unspecified atom stereocenters. The number of nitrogens with zero attached hydrogens (tertiary/aromatic N) is 3. The molecule has 1 aromatic heterocycles. The first-order valence-electron chi connectivity index (χ1n) is 8.94. The van der Waals surface area contributed by atoms with Gasteiger partial charge in [0.15, 0.2) is 0 Å². The van der Waals surface area contributed by atoms with Crippen LogP contribution in [0.5, 0.6) is 0 Å². The van der Waals surface area contributed by atoms with Crippen molar-refractivity contribution in [2.24, 2.45) is 4.99 Å². The molecule has 5 nitrogen and oxygen atoms in total. The van der Waals surface area contributed by atoms with E-state index in [-0.39, 0.29) is 11.7 Å². The zero-order valence-electron chi connectivity index (χ0n) is 15.2. The van der Waals surface area contributed by atoms with Gasteiger partial charge in [-0.1, -0.05) is 12.5 Å². The number of anilines is 1. The van der Waals surface area contributed by atoms with Crippen LogP contribution in [0.15, 0.2) is 29.5 Å². The minimum absolute atomic E-state index is 0.265. The Morgan fingerprint density at radius 2 is 2.04 bits per heavy atom. The Labute approximate surface area is 153 Å². The molecule has 1 saturated carbocycles. The molecule has 6 heteroatoms. The van der Waals surface area contributed by atoms with Gasteiger partial charge in [0, 0.05) is 17.7 Å². The summed E-state index contributed by atoms with van der Waals surface area (Å²) in [5.41, 5.74) is 9.05. The lowest BCUT2D eigenvalue weighted by molar-refractivity contribution is 0.414. The highest BCUT2D eigenvalue weighted by Gasteiger charge is 2.25. The van der Waals surface area contributed by atoms with Gasteiger partial charge in [0.25, 0.3) is 0 Å². The van der Waals surface area contributed by atoms with Crippen LogP contribution in [-0.2, 0) is 6.42 Å². The average molecular weight is 353 g/mol. The van der Waals surface area contributed by atoms with Gasteiger partial charge in [-0.05, 0) is 56.2 Å². The average Bonchev–Trinajstić information content (AvgIpc) is 2.53. The number of nitrogens with two attached hydrogens (primary N) is 1. The first-order chi connectivity index (χ1) is 12.5. The third kappa shape index (κ3) is 3.95. The van der Waals surface area contributed by atoms with Crippen molar-refractivity contribution in [3.05, 3.63) is 41.5 Å². The minimum Gasteiger partial charge on any atom is -0.382 e. The zero-order valence-corrected chi connectivity index (χ0v) is 15.2. The lowest BCUT2D eigenvalue weighted by Gasteiger charge is -2.28. The molecule has 1 aliphatic rings. The third-order valence-electron chi connectivity index (χ3n) is 4.74. The van der Waals surface area contributed by atoms with Gasteiger partial charge < -0.3 is 5.73 Å². The van der Waals surface area contributed by atoms with E-state index in [0.717, 1.165) is 24.1 Å². The summed E-state index contributed by atoms with van der Waals surface area (Å²) in [6.45, 7) is 3.71. The molecule has 0 aliphatic heterocycles. The largest absolute Gasteiger partial charge is 0.382 e. The van der Waals surface area contributed by atoms with Crippen molar-refractivity contribution >= 4 is 17.4 Å². The quantitative estimate of drug-likeness (QED) is 0.612. The summed E-state index contributed by atoms with van der Waals surface area (Å²) in [6, 6.07) is 3.79. The number of rotatable bonds is 5. The fourth-order valence-corrected chi connectivity index (χ4v) is 3.24. The molecule has 0 spiro atoms. The van der Waals surface area contributed by atoms with Crippen molar-refractivity contribution in [2.75, 3.05) is 5.73 Å². The van der Waals surface area contributed by atoms with Crippen molar-refractivity contribution in [1.29, 1.82) is 5.41 Å². The number of aliphatic imine (C=N–C) groups is 1. The van der Waals surface area contributed by atoms with E-state index in [1.165, 1.54) is 18.8 Å². The molecule has 0 atom stereocenters. The van der Waals surface area contributed by atoms with Crippen molar-refractivity contribution in [3.8, 4) is 11.3 Å². The monoisotopic (exact) mass is 353 g/mol. The van der Waals surface area contributed by atoms with E-state index < -0.39 is 0 Å². The second-order valence-corrected chi connectivity index (χ2v) is 6.95. The van der Waals surface area contributed by atoms with Gasteiger partial charge >= 0.3 is 0 Å². The molecule has 2 aromatic rings. The second kappa shape index (κ2) is 7.72. The maximum Gasteiger partial charge on any atom is 0.141 e. The van der Waals surface area contributed by atoms with Crippen LogP contribution in [0.1, 0.15) is 56.6 Å². The maximum absolute atomic E-state index is 15.3. The summed E-state index contributed by atoms with van der Waals surface area (Å²) < 4.78 is 15.3. The summed E-state index contributed by atoms with van der Waals surface area (Å²) >= 11 is 0. The van der Waals surface area contributed by atoms with Crippen molar-refractivity contribution in [2.45, 2.75) is 51.9 Å². The molecule has 0 amide bonds. The Hall–Kier alpha value is -2.63. The summed E-state index contributed by atoms with van der Waals surface area (Å²) in [7, 11) is 0. The van der Waals surface area contributed by atoms with Gasteiger partial charge in [0.2, 0.25) is 0 Å². The second-order valence-electron chi connectivity index (χ2n) is 6.95. The normalized spacial score (nSPS) is 14.0. The molecule has 1 aliphatic carbocycles. The molecule has 3 rings (SSSR count). The molecule has 0 saturated heterocycles. The van der Waals surface area contributed by atoms with E-state index in [0.29, 0.717) is 41.4 Å². The molecular formula is C20H24FN5. The number of nitrogens with one attached hydrogen (secondary N) is 1. The van der Waals surface area contributed by atoms with E-state index in [1.807, 2.05) is 19.9 Å². The highest BCUT2D eigenvalue weighted by Crippen LogP contribution is 2.40. The third-order valence-corrected chi connectivity index (χ3v) is 4.74. The Morgan fingerprint density at radius 1 is 1.27 bits per heavy atom. The standard InChI is InChI=1S/C20H24FN5/c1-12(2)26-18(22)9-8-15-14(13-4-3-5-13)6-7-16(20(15)21)17-10-25-19(23)11-24-17/h6-7,10-11,13,22H,3-5,8-9H2,1-2H3,(H2,23,25). The van der Waals surface area contributed by atoms with Crippen LogP contribution in [-0.4, -0.2) is 21.5 Å². The molecule has 1 aromatic carbocycles. The molecule has 1 fully saturated rings. The number of nitrogen functional groups attached to an aromatic ring is 1. The molecule has 26 heavy (non-hydrogen) atoms. The van der Waals surface area contributed by atoms with Crippen LogP contribution in [0.2, 0.25) is 0 Å². The van der Waals surface area contributed by atoms with E-state index in [1.54, 1.807) is 6.07 Å². The summed E-state index contributed by atoms with van der Waals surface area (Å²) in [4.78, 5) is 12.4.